The van der Waals surface area contributed by atoms with Gasteiger partial charge >= 0.3 is 0 Å². The van der Waals surface area contributed by atoms with Gasteiger partial charge < -0.3 is 4.74 Å². The van der Waals surface area contributed by atoms with Crippen LogP contribution in [-0.2, 0) is 17.1 Å². The van der Waals surface area contributed by atoms with Crippen molar-refractivity contribution < 1.29 is 13.2 Å². The summed E-state index contributed by atoms with van der Waals surface area (Å²) < 4.78 is 34.8. The molecule has 0 amide bonds. The highest BCUT2D eigenvalue weighted by atomic mass is 32.2. The molecule has 0 aliphatic heterocycles. The largest absolute Gasteiger partial charge is 0.494 e. The number of benzene rings is 2. The van der Waals surface area contributed by atoms with E-state index in [0.717, 1.165) is 12.8 Å². The fraction of sp³-hybridized carbons (Fsp3) is 0.238. The van der Waals surface area contributed by atoms with Crippen LogP contribution in [0.25, 0.3) is 11.3 Å². The Hall–Kier alpha value is -3.13. The van der Waals surface area contributed by atoms with Crippen molar-refractivity contribution in [3.63, 3.8) is 0 Å². The first-order chi connectivity index (χ1) is 13.9. The molecule has 0 unspecified atom stereocenters. The Morgan fingerprint density at radius 3 is 2.52 bits per heavy atom. The summed E-state index contributed by atoms with van der Waals surface area (Å²) in [7, 11) is -2.19. The maximum absolute atomic E-state index is 12.7. The lowest BCUT2D eigenvalue weighted by atomic mass is 10.1. The Kier molecular flexibility index (Phi) is 6.33. The molecule has 152 valence electrons. The lowest BCUT2D eigenvalue weighted by molar-refractivity contribution is 0.309. The molecule has 0 fully saturated rings. The van der Waals surface area contributed by atoms with E-state index in [-0.39, 0.29) is 10.5 Å². The number of hydrogen-bond donors (Lipinski definition) is 1. The average molecular weight is 413 g/mol. The molecule has 3 rings (SSSR count). The molecule has 0 radical (unpaired) electrons. The first-order valence-corrected chi connectivity index (χ1v) is 10.8. The van der Waals surface area contributed by atoms with E-state index in [4.69, 9.17) is 4.74 Å². The zero-order valence-corrected chi connectivity index (χ0v) is 17.1. The molecule has 0 aliphatic carbocycles. The van der Waals surface area contributed by atoms with Crippen molar-refractivity contribution >= 4 is 15.7 Å². The number of unbranched alkanes of at least 4 members (excludes halogenated alkanes) is 1. The number of rotatable bonds is 8. The molecule has 0 saturated carbocycles. The molecular weight excluding hydrogens is 390 g/mol. The average Bonchev–Trinajstić information content (AvgIpc) is 2.70. The normalized spacial score (nSPS) is 11.2. The van der Waals surface area contributed by atoms with Gasteiger partial charge in [-0.25, -0.2) is 13.1 Å². The summed E-state index contributed by atoms with van der Waals surface area (Å²) in [6.45, 7) is 2.68. The summed E-state index contributed by atoms with van der Waals surface area (Å²) in [5.74, 6) is 0.639. The van der Waals surface area contributed by atoms with Gasteiger partial charge in [-0.15, -0.1) is 0 Å². The number of aromatic nitrogens is 2. The van der Waals surface area contributed by atoms with E-state index >= 15 is 0 Å². The quantitative estimate of drug-likeness (QED) is 0.572. The molecule has 3 aromatic rings. The number of nitrogens with zero attached hydrogens (tertiary/aromatic N) is 2. The fourth-order valence-corrected chi connectivity index (χ4v) is 3.71. The number of sulfonamides is 1. The molecule has 0 saturated heterocycles. The number of hydrogen-bond acceptors (Lipinski definition) is 5. The zero-order valence-electron chi connectivity index (χ0n) is 16.3. The van der Waals surface area contributed by atoms with Crippen molar-refractivity contribution in [3.05, 3.63) is 71.0 Å². The standard InChI is InChI=1S/C21H23N3O4S/c1-3-4-14-28-18-8-10-19(11-9-18)29(26,27)23-17-7-5-6-16(15-17)20-12-13-21(25)24(2)22-20/h5-13,15,23H,3-4,14H2,1-2H3. The molecular formula is C21H23N3O4S. The first kappa shape index (κ1) is 20.6. The molecule has 1 heterocycles. The number of nitrogens with one attached hydrogen (secondary N) is 1. The lowest BCUT2D eigenvalue weighted by Gasteiger charge is -2.11. The van der Waals surface area contributed by atoms with Crippen LogP contribution in [0.15, 0.2) is 70.4 Å². The second-order valence-electron chi connectivity index (χ2n) is 6.54. The molecule has 8 heteroatoms. The maximum atomic E-state index is 12.7. The molecule has 1 aromatic heterocycles. The molecule has 0 spiro atoms. The van der Waals surface area contributed by atoms with E-state index in [1.165, 1.54) is 22.9 Å². The summed E-state index contributed by atoms with van der Waals surface area (Å²) in [4.78, 5) is 11.7. The predicted molar refractivity (Wildman–Crippen MR) is 113 cm³/mol. The third-order valence-electron chi connectivity index (χ3n) is 4.27. The highest BCUT2D eigenvalue weighted by Crippen LogP contribution is 2.23. The van der Waals surface area contributed by atoms with Gasteiger partial charge in [0.1, 0.15) is 5.75 Å². The van der Waals surface area contributed by atoms with Crippen molar-refractivity contribution in [2.24, 2.45) is 7.05 Å². The fourth-order valence-electron chi connectivity index (χ4n) is 2.66. The second-order valence-corrected chi connectivity index (χ2v) is 8.22. The number of ether oxygens (including phenoxy) is 1. The highest BCUT2D eigenvalue weighted by molar-refractivity contribution is 7.92. The van der Waals surface area contributed by atoms with E-state index in [9.17, 15) is 13.2 Å². The summed E-state index contributed by atoms with van der Waals surface area (Å²) in [6.07, 6.45) is 1.98. The van der Waals surface area contributed by atoms with Gasteiger partial charge in [-0.1, -0.05) is 25.5 Å². The summed E-state index contributed by atoms with van der Waals surface area (Å²) in [5, 5.41) is 4.19. The maximum Gasteiger partial charge on any atom is 0.266 e. The number of aryl methyl sites for hydroxylation is 1. The Bertz CT molecular complexity index is 1140. The van der Waals surface area contributed by atoms with Crippen molar-refractivity contribution in [2.45, 2.75) is 24.7 Å². The summed E-state index contributed by atoms with van der Waals surface area (Å²) in [6, 6.07) is 16.2. The SMILES string of the molecule is CCCCOc1ccc(S(=O)(=O)Nc2cccc(-c3ccc(=O)n(C)n3)c2)cc1. The van der Waals surface area contributed by atoms with Crippen LogP contribution in [0.1, 0.15) is 19.8 Å². The van der Waals surface area contributed by atoms with E-state index in [0.29, 0.717) is 29.3 Å². The van der Waals surface area contributed by atoms with Gasteiger partial charge in [-0.3, -0.25) is 9.52 Å². The van der Waals surface area contributed by atoms with Crippen LogP contribution in [0, 0.1) is 0 Å². The minimum Gasteiger partial charge on any atom is -0.494 e. The van der Waals surface area contributed by atoms with Crippen LogP contribution in [-0.4, -0.2) is 24.8 Å². The van der Waals surface area contributed by atoms with Crippen LogP contribution < -0.4 is 15.0 Å². The smallest absolute Gasteiger partial charge is 0.266 e. The van der Waals surface area contributed by atoms with Crippen molar-refractivity contribution in [1.82, 2.24) is 9.78 Å². The third kappa shape index (κ3) is 5.23. The van der Waals surface area contributed by atoms with Gasteiger partial charge in [0, 0.05) is 24.4 Å². The molecule has 0 atom stereocenters. The molecule has 2 aromatic carbocycles. The molecule has 0 aliphatic rings. The number of anilines is 1. The molecule has 29 heavy (non-hydrogen) atoms. The zero-order chi connectivity index (χ0) is 20.9. The highest BCUT2D eigenvalue weighted by Gasteiger charge is 2.15. The van der Waals surface area contributed by atoms with Crippen LogP contribution in [0.5, 0.6) is 5.75 Å². The minimum atomic E-state index is -3.75. The molecule has 1 N–H and O–H groups in total. The Balaban J connectivity index is 1.78. The minimum absolute atomic E-state index is 0.144. The van der Waals surface area contributed by atoms with E-state index in [1.54, 1.807) is 49.5 Å². The van der Waals surface area contributed by atoms with E-state index < -0.39 is 10.0 Å². The Morgan fingerprint density at radius 2 is 1.83 bits per heavy atom. The van der Waals surface area contributed by atoms with Crippen LogP contribution in [0.4, 0.5) is 5.69 Å². The van der Waals surface area contributed by atoms with Gasteiger partial charge in [-0.05, 0) is 48.9 Å². The molecule has 0 bridgehead atoms. The first-order valence-electron chi connectivity index (χ1n) is 9.29. The van der Waals surface area contributed by atoms with Crippen LogP contribution in [0.3, 0.4) is 0 Å². The monoisotopic (exact) mass is 413 g/mol. The van der Waals surface area contributed by atoms with Gasteiger partial charge in [0.05, 0.1) is 17.2 Å². The summed E-state index contributed by atoms with van der Waals surface area (Å²) >= 11 is 0. The summed E-state index contributed by atoms with van der Waals surface area (Å²) in [5.41, 5.74) is 1.45. The Labute approximate surface area is 170 Å². The molecule has 7 nitrogen and oxygen atoms in total. The second kappa shape index (κ2) is 8.91. The van der Waals surface area contributed by atoms with Gasteiger partial charge in [0.15, 0.2) is 0 Å². The van der Waals surface area contributed by atoms with Crippen LogP contribution in [0.2, 0.25) is 0 Å². The van der Waals surface area contributed by atoms with Crippen molar-refractivity contribution in [3.8, 4) is 17.0 Å². The van der Waals surface area contributed by atoms with Gasteiger partial charge in [0.25, 0.3) is 15.6 Å². The van der Waals surface area contributed by atoms with E-state index in [1.807, 2.05) is 0 Å². The third-order valence-corrected chi connectivity index (χ3v) is 5.67. The van der Waals surface area contributed by atoms with Gasteiger partial charge in [-0.2, -0.15) is 5.10 Å². The van der Waals surface area contributed by atoms with Gasteiger partial charge in [0.2, 0.25) is 0 Å². The Morgan fingerprint density at radius 1 is 1.07 bits per heavy atom. The van der Waals surface area contributed by atoms with Crippen molar-refractivity contribution in [2.75, 3.05) is 11.3 Å². The van der Waals surface area contributed by atoms with Crippen molar-refractivity contribution in [1.29, 1.82) is 0 Å². The predicted octanol–water partition coefficient (Wildman–Crippen LogP) is 3.43. The lowest BCUT2D eigenvalue weighted by Crippen LogP contribution is -2.18. The topological polar surface area (TPSA) is 90.3 Å². The van der Waals surface area contributed by atoms with Crippen LogP contribution >= 0.6 is 0 Å². The van der Waals surface area contributed by atoms with E-state index in [2.05, 4.69) is 16.7 Å².